The average Bonchev–Trinajstić information content (AvgIpc) is 2.95. The van der Waals surface area contributed by atoms with Crippen molar-refractivity contribution < 1.29 is 4.74 Å². The lowest BCUT2D eigenvalue weighted by Gasteiger charge is -2.03. The van der Waals surface area contributed by atoms with Crippen molar-refractivity contribution in [3.63, 3.8) is 0 Å². The Bertz CT molecular complexity index is 940. The first-order chi connectivity index (χ1) is 10.3. The van der Waals surface area contributed by atoms with E-state index in [9.17, 15) is 0 Å². The molecule has 0 radical (unpaired) electrons. The minimum Gasteiger partial charge on any atom is -0.497 e. The summed E-state index contributed by atoms with van der Waals surface area (Å²) in [5.41, 5.74) is 3.05. The summed E-state index contributed by atoms with van der Waals surface area (Å²) in [5, 5.41) is 11.2. The molecule has 1 heterocycles. The van der Waals surface area contributed by atoms with Crippen LogP contribution < -0.4 is 4.74 Å². The van der Waals surface area contributed by atoms with Crippen molar-refractivity contribution in [3.05, 3.63) is 60.7 Å². The molecule has 1 aromatic heterocycles. The molecule has 0 aliphatic heterocycles. The number of hydrogen-bond acceptors (Lipinski definition) is 2. The second kappa shape index (κ2) is 4.63. The van der Waals surface area contributed by atoms with E-state index in [2.05, 4.69) is 40.5 Å². The van der Waals surface area contributed by atoms with E-state index in [1.807, 2.05) is 30.3 Å². The standard InChI is InChI=1S/C18H14N2O/c1-21-15-8-4-7-14(9-15)18-16-10-12-5-2-3-6-13(12)11-17(16)19-20-18/h2-11H,1H3,(H,19,20). The molecule has 0 aliphatic rings. The van der Waals surface area contributed by atoms with Crippen molar-refractivity contribution in [2.24, 2.45) is 0 Å². The van der Waals surface area contributed by atoms with Gasteiger partial charge in [-0.1, -0.05) is 36.4 Å². The number of rotatable bonds is 2. The topological polar surface area (TPSA) is 37.9 Å². The van der Waals surface area contributed by atoms with E-state index in [1.165, 1.54) is 10.8 Å². The third-order valence-electron chi connectivity index (χ3n) is 3.77. The Hall–Kier alpha value is -2.81. The van der Waals surface area contributed by atoms with E-state index in [0.29, 0.717) is 0 Å². The Morgan fingerprint density at radius 1 is 0.905 bits per heavy atom. The summed E-state index contributed by atoms with van der Waals surface area (Å²) in [7, 11) is 1.68. The molecular formula is C18H14N2O. The van der Waals surface area contributed by atoms with E-state index >= 15 is 0 Å². The molecule has 0 fully saturated rings. The number of fused-ring (bicyclic) bond motifs is 2. The largest absolute Gasteiger partial charge is 0.497 e. The van der Waals surface area contributed by atoms with Gasteiger partial charge in [-0.3, -0.25) is 5.10 Å². The van der Waals surface area contributed by atoms with Crippen molar-refractivity contribution in [3.8, 4) is 17.0 Å². The van der Waals surface area contributed by atoms with Crippen LogP contribution in [0.2, 0.25) is 0 Å². The van der Waals surface area contributed by atoms with E-state index in [0.717, 1.165) is 27.9 Å². The summed E-state index contributed by atoms with van der Waals surface area (Å²) in [6, 6.07) is 20.6. The van der Waals surface area contributed by atoms with Crippen LogP contribution in [-0.4, -0.2) is 17.3 Å². The lowest BCUT2D eigenvalue weighted by atomic mass is 10.0. The maximum absolute atomic E-state index is 5.30. The van der Waals surface area contributed by atoms with E-state index in [1.54, 1.807) is 7.11 Å². The van der Waals surface area contributed by atoms with Crippen LogP contribution in [-0.2, 0) is 0 Å². The number of benzene rings is 3. The number of nitrogens with zero attached hydrogens (tertiary/aromatic N) is 1. The molecule has 0 aliphatic carbocycles. The van der Waals surface area contributed by atoms with Gasteiger partial charge < -0.3 is 4.74 Å². The van der Waals surface area contributed by atoms with Gasteiger partial charge in [0.15, 0.2) is 0 Å². The van der Waals surface area contributed by atoms with E-state index < -0.39 is 0 Å². The van der Waals surface area contributed by atoms with Crippen molar-refractivity contribution in [1.29, 1.82) is 0 Å². The van der Waals surface area contributed by atoms with E-state index in [-0.39, 0.29) is 0 Å². The van der Waals surface area contributed by atoms with Crippen LogP contribution in [0.1, 0.15) is 0 Å². The highest BCUT2D eigenvalue weighted by Crippen LogP contribution is 2.31. The van der Waals surface area contributed by atoms with Gasteiger partial charge in [-0.25, -0.2) is 0 Å². The number of nitrogens with one attached hydrogen (secondary N) is 1. The van der Waals surface area contributed by atoms with Crippen molar-refractivity contribution in [2.45, 2.75) is 0 Å². The molecule has 0 spiro atoms. The molecule has 0 unspecified atom stereocenters. The van der Waals surface area contributed by atoms with Crippen LogP contribution in [0, 0.1) is 0 Å². The summed E-state index contributed by atoms with van der Waals surface area (Å²) in [5.74, 6) is 0.837. The zero-order valence-corrected chi connectivity index (χ0v) is 11.6. The zero-order chi connectivity index (χ0) is 14.2. The summed E-state index contributed by atoms with van der Waals surface area (Å²) in [6.45, 7) is 0. The highest BCUT2D eigenvalue weighted by molar-refractivity contribution is 6.02. The lowest BCUT2D eigenvalue weighted by Crippen LogP contribution is -1.84. The van der Waals surface area contributed by atoms with Crippen LogP contribution in [0.5, 0.6) is 5.75 Å². The molecule has 4 rings (SSSR count). The first-order valence-electron chi connectivity index (χ1n) is 6.86. The number of methoxy groups -OCH3 is 1. The molecule has 0 atom stereocenters. The Kier molecular flexibility index (Phi) is 2.64. The fourth-order valence-corrected chi connectivity index (χ4v) is 2.70. The maximum Gasteiger partial charge on any atom is 0.119 e. The fraction of sp³-hybridized carbons (Fsp3) is 0.0556. The number of hydrogen-bond donors (Lipinski definition) is 1. The van der Waals surface area contributed by atoms with Gasteiger partial charge in [0.25, 0.3) is 0 Å². The Labute approximate surface area is 122 Å². The molecule has 3 heteroatoms. The highest BCUT2D eigenvalue weighted by Gasteiger charge is 2.09. The van der Waals surface area contributed by atoms with Crippen LogP contribution in [0.15, 0.2) is 60.7 Å². The molecule has 0 saturated carbocycles. The predicted octanol–water partition coefficient (Wildman–Crippen LogP) is 4.39. The highest BCUT2D eigenvalue weighted by atomic mass is 16.5. The third kappa shape index (κ3) is 1.94. The molecule has 0 saturated heterocycles. The average molecular weight is 274 g/mol. The number of H-pyrrole nitrogens is 1. The Morgan fingerprint density at radius 3 is 2.52 bits per heavy atom. The minimum atomic E-state index is 0.837. The van der Waals surface area contributed by atoms with Gasteiger partial charge in [-0.2, -0.15) is 5.10 Å². The number of aromatic nitrogens is 2. The van der Waals surface area contributed by atoms with Crippen molar-refractivity contribution in [2.75, 3.05) is 7.11 Å². The fourth-order valence-electron chi connectivity index (χ4n) is 2.70. The summed E-state index contributed by atoms with van der Waals surface area (Å²) in [6.07, 6.45) is 0. The lowest BCUT2D eigenvalue weighted by molar-refractivity contribution is 0.415. The third-order valence-corrected chi connectivity index (χ3v) is 3.77. The summed E-state index contributed by atoms with van der Waals surface area (Å²) in [4.78, 5) is 0. The number of ether oxygens (including phenoxy) is 1. The smallest absolute Gasteiger partial charge is 0.119 e. The van der Waals surface area contributed by atoms with Crippen molar-refractivity contribution in [1.82, 2.24) is 10.2 Å². The second-order valence-corrected chi connectivity index (χ2v) is 5.05. The molecule has 21 heavy (non-hydrogen) atoms. The minimum absolute atomic E-state index is 0.837. The monoisotopic (exact) mass is 274 g/mol. The molecule has 0 bridgehead atoms. The molecule has 3 aromatic carbocycles. The Morgan fingerprint density at radius 2 is 1.71 bits per heavy atom. The quantitative estimate of drug-likeness (QED) is 0.588. The van der Waals surface area contributed by atoms with Gasteiger partial charge in [-0.15, -0.1) is 0 Å². The van der Waals surface area contributed by atoms with Crippen LogP contribution in [0.3, 0.4) is 0 Å². The van der Waals surface area contributed by atoms with Crippen molar-refractivity contribution >= 4 is 21.7 Å². The molecule has 3 nitrogen and oxygen atoms in total. The van der Waals surface area contributed by atoms with Crippen LogP contribution >= 0.6 is 0 Å². The first kappa shape index (κ1) is 12.0. The van der Waals surface area contributed by atoms with Gasteiger partial charge in [-0.05, 0) is 35.0 Å². The summed E-state index contributed by atoms with van der Waals surface area (Å²) >= 11 is 0. The molecule has 4 aromatic rings. The van der Waals surface area contributed by atoms with Crippen LogP contribution in [0.4, 0.5) is 0 Å². The molecule has 102 valence electrons. The molecule has 0 amide bonds. The number of aromatic amines is 1. The predicted molar refractivity (Wildman–Crippen MR) is 85.6 cm³/mol. The first-order valence-corrected chi connectivity index (χ1v) is 6.86. The zero-order valence-electron chi connectivity index (χ0n) is 11.6. The second-order valence-electron chi connectivity index (χ2n) is 5.05. The van der Waals surface area contributed by atoms with Gasteiger partial charge in [0.05, 0.1) is 12.6 Å². The maximum atomic E-state index is 5.30. The van der Waals surface area contributed by atoms with Gasteiger partial charge >= 0.3 is 0 Å². The SMILES string of the molecule is COc1cccc(-c2n[nH]c3cc4ccccc4cc23)c1. The van der Waals surface area contributed by atoms with Gasteiger partial charge in [0.1, 0.15) is 11.4 Å². The summed E-state index contributed by atoms with van der Waals surface area (Å²) < 4.78 is 5.30. The van der Waals surface area contributed by atoms with Crippen LogP contribution in [0.25, 0.3) is 32.9 Å². The Balaban J connectivity index is 1.98. The van der Waals surface area contributed by atoms with Gasteiger partial charge in [0, 0.05) is 10.9 Å². The van der Waals surface area contributed by atoms with Gasteiger partial charge in [0.2, 0.25) is 0 Å². The van der Waals surface area contributed by atoms with E-state index in [4.69, 9.17) is 4.74 Å². The molecular weight excluding hydrogens is 260 g/mol. The molecule has 1 N–H and O–H groups in total. The normalized spacial score (nSPS) is 11.1.